The maximum Gasteiger partial charge on any atom is 0.519 e. The standard InChI is InChI=1S/C10H18O5.C9H14N2O3.C4H6N2O/c1-9(2,3)14-7(11)13-8(12)15-10(4,5)6;1-6-5-11(7(12)10-6)8(13)14-9(2,3)4;1-3-2-5-4(7)6-3/h1-6H3;5H,1-4H3,(H,10,12);2H,1H3,(H2,5,6,7). The van der Waals surface area contributed by atoms with E-state index in [0.29, 0.717) is 5.69 Å². The Labute approximate surface area is 209 Å². The number of nitrogens with one attached hydrogen (secondary N) is 3. The van der Waals surface area contributed by atoms with E-state index in [9.17, 15) is 24.0 Å². The van der Waals surface area contributed by atoms with E-state index >= 15 is 0 Å². The third kappa shape index (κ3) is 16.0. The molecule has 0 aliphatic heterocycles. The Bertz CT molecular complexity index is 1090. The van der Waals surface area contributed by atoms with E-state index in [0.717, 1.165) is 10.3 Å². The van der Waals surface area contributed by atoms with Crippen LogP contribution in [-0.2, 0) is 18.9 Å². The van der Waals surface area contributed by atoms with Crippen molar-refractivity contribution in [2.24, 2.45) is 0 Å². The van der Waals surface area contributed by atoms with Crippen LogP contribution in [0, 0.1) is 13.8 Å². The molecule has 2 heterocycles. The summed E-state index contributed by atoms with van der Waals surface area (Å²) >= 11 is 0. The summed E-state index contributed by atoms with van der Waals surface area (Å²) < 4.78 is 19.7. The highest BCUT2D eigenvalue weighted by Gasteiger charge is 2.24. The van der Waals surface area contributed by atoms with E-state index in [-0.39, 0.29) is 5.69 Å². The van der Waals surface area contributed by atoms with Gasteiger partial charge in [0, 0.05) is 23.8 Å². The van der Waals surface area contributed by atoms with E-state index < -0.39 is 40.9 Å². The van der Waals surface area contributed by atoms with Crippen LogP contribution < -0.4 is 11.4 Å². The molecule has 0 spiro atoms. The summed E-state index contributed by atoms with van der Waals surface area (Å²) in [7, 11) is 0. The number of imidazole rings is 2. The van der Waals surface area contributed by atoms with Crippen molar-refractivity contribution in [3.63, 3.8) is 0 Å². The van der Waals surface area contributed by atoms with Gasteiger partial charge < -0.3 is 33.9 Å². The van der Waals surface area contributed by atoms with Crippen LogP contribution in [0.2, 0.25) is 0 Å². The minimum Gasteiger partial charge on any atom is -0.443 e. The van der Waals surface area contributed by atoms with Crippen LogP contribution in [0.3, 0.4) is 0 Å². The fraction of sp³-hybridized carbons (Fsp3) is 0.609. The molecule has 0 aromatic carbocycles. The molecule has 0 atom stereocenters. The number of carbonyl (C=O) groups is 3. The molecule has 3 N–H and O–H groups in total. The second-order valence-corrected chi connectivity index (χ2v) is 10.5. The molecule has 0 amide bonds. The van der Waals surface area contributed by atoms with Crippen molar-refractivity contribution in [1.82, 2.24) is 19.5 Å². The third-order valence-corrected chi connectivity index (χ3v) is 3.11. The first kappa shape index (κ1) is 32.2. The van der Waals surface area contributed by atoms with E-state index in [1.165, 1.54) is 6.20 Å². The van der Waals surface area contributed by atoms with E-state index in [1.807, 2.05) is 6.92 Å². The van der Waals surface area contributed by atoms with E-state index in [1.54, 1.807) is 75.4 Å². The van der Waals surface area contributed by atoms with Crippen molar-refractivity contribution in [2.45, 2.75) is 93.0 Å². The molecule has 2 aromatic heterocycles. The number of carbonyl (C=O) groups excluding carboxylic acids is 3. The van der Waals surface area contributed by atoms with Crippen LogP contribution in [0.4, 0.5) is 14.4 Å². The predicted molar refractivity (Wildman–Crippen MR) is 131 cm³/mol. The normalized spacial score (nSPS) is 11.2. The fourth-order valence-corrected chi connectivity index (χ4v) is 1.99. The minimum atomic E-state index is -1.06. The second kappa shape index (κ2) is 12.8. The van der Waals surface area contributed by atoms with Crippen LogP contribution in [0.15, 0.2) is 22.0 Å². The van der Waals surface area contributed by atoms with Crippen molar-refractivity contribution < 1.29 is 33.3 Å². The molecule has 204 valence electrons. The Morgan fingerprint density at radius 2 is 1.17 bits per heavy atom. The Morgan fingerprint density at radius 3 is 1.42 bits per heavy atom. The van der Waals surface area contributed by atoms with Gasteiger partial charge in [0.1, 0.15) is 16.8 Å². The molecule has 13 heteroatoms. The summed E-state index contributed by atoms with van der Waals surface area (Å²) in [6, 6.07) is 0. The smallest absolute Gasteiger partial charge is 0.443 e. The second-order valence-electron chi connectivity index (χ2n) is 10.5. The average Bonchev–Trinajstić information content (AvgIpc) is 3.14. The average molecular weight is 515 g/mol. The van der Waals surface area contributed by atoms with Crippen molar-refractivity contribution in [2.75, 3.05) is 0 Å². The summed E-state index contributed by atoms with van der Waals surface area (Å²) in [4.78, 5) is 62.3. The van der Waals surface area contributed by atoms with Gasteiger partial charge in [-0.25, -0.2) is 28.5 Å². The Kier molecular flexibility index (Phi) is 11.5. The number of aromatic amines is 3. The molecule has 0 aliphatic rings. The SMILES string of the molecule is CC(C)(C)OC(=O)OC(=O)OC(C)(C)C.Cc1c[nH]c(=O)[nH]1.Cc1cn(C(=O)OC(C)(C)C)c(=O)[nH]1. The van der Waals surface area contributed by atoms with Gasteiger partial charge in [0.25, 0.3) is 0 Å². The van der Waals surface area contributed by atoms with Gasteiger partial charge >= 0.3 is 29.8 Å². The van der Waals surface area contributed by atoms with Gasteiger partial charge in [0.15, 0.2) is 0 Å². The lowest BCUT2D eigenvalue weighted by Crippen LogP contribution is -2.31. The number of rotatable bonds is 0. The minimum absolute atomic E-state index is 0.141. The monoisotopic (exact) mass is 514 g/mol. The molecule has 0 aliphatic carbocycles. The highest BCUT2D eigenvalue weighted by molar-refractivity contribution is 5.77. The van der Waals surface area contributed by atoms with E-state index in [2.05, 4.69) is 19.7 Å². The highest BCUT2D eigenvalue weighted by atomic mass is 16.8. The number of aromatic nitrogens is 4. The van der Waals surface area contributed by atoms with Crippen molar-refractivity contribution in [1.29, 1.82) is 0 Å². The van der Waals surface area contributed by atoms with Crippen molar-refractivity contribution >= 4 is 18.4 Å². The quantitative estimate of drug-likeness (QED) is 0.265. The lowest BCUT2D eigenvalue weighted by molar-refractivity contribution is -0.0294. The zero-order chi connectivity index (χ0) is 28.5. The molecule has 0 fully saturated rings. The lowest BCUT2D eigenvalue weighted by Gasteiger charge is -2.20. The Hall–Kier alpha value is -3.77. The Morgan fingerprint density at radius 1 is 0.722 bits per heavy atom. The molecule has 2 aromatic rings. The number of H-pyrrole nitrogens is 3. The predicted octanol–water partition coefficient (Wildman–Crippen LogP) is 4.15. The van der Waals surface area contributed by atoms with Gasteiger partial charge in [0.2, 0.25) is 0 Å². The summed E-state index contributed by atoms with van der Waals surface area (Å²) in [5, 5.41) is 0. The molecule has 0 saturated heterocycles. The summed E-state index contributed by atoms with van der Waals surface area (Å²) in [5.41, 5.74) is -1.11. The van der Waals surface area contributed by atoms with Crippen LogP contribution in [0.5, 0.6) is 0 Å². The number of hydrogen-bond acceptors (Lipinski definition) is 9. The van der Waals surface area contributed by atoms with Crippen molar-refractivity contribution in [3.8, 4) is 0 Å². The molecule has 36 heavy (non-hydrogen) atoms. The van der Waals surface area contributed by atoms with Gasteiger partial charge in [0.05, 0.1) is 0 Å². The largest absolute Gasteiger partial charge is 0.519 e. The maximum atomic E-state index is 11.4. The van der Waals surface area contributed by atoms with Crippen LogP contribution in [-0.4, -0.2) is 54.7 Å². The highest BCUT2D eigenvalue weighted by Crippen LogP contribution is 2.11. The number of aryl methyl sites for hydroxylation is 2. The summed E-state index contributed by atoms with van der Waals surface area (Å²) in [5.74, 6) is 0. The first-order chi connectivity index (χ1) is 16.1. The molecule has 0 saturated carbocycles. The zero-order valence-corrected chi connectivity index (χ0v) is 22.8. The number of ether oxygens (including phenoxy) is 4. The maximum absolute atomic E-state index is 11.4. The molecule has 0 unspecified atom stereocenters. The van der Waals surface area contributed by atoms with Crippen LogP contribution in [0.25, 0.3) is 0 Å². The van der Waals surface area contributed by atoms with Gasteiger partial charge in [-0.2, -0.15) is 0 Å². The molecular weight excluding hydrogens is 476 g/mol. The summed E-state index contributed by atoms with van der Waals surface area (Å²) in [6.45, 7) is 18.8. The first-order valence-electron chi connectivity index (χ1n) is 11.0. The molecule has 0 radical (unpaired) electrons. The van der Waals surface area contributed by atoms with Crippen molar-refractivity contribution in [3.05, 3.63) is 44.8 Å². The van der Waals surface area contributed by atoms with Crippen LogP contribution in [0.1, 0.15) is 73.7 Å². The molecule has 0 bridgehead atoms. The van der Waals surface area contributed by atoms with Gasteiger partial charge in [-0.05, 0) is 76.2 Å². The molecule has 13 nitrogen and oxygen atoms in total. The number of nitrogens with zero attached hydrogens (tertiary/aromatic N) is 1. The van der Waals surface area contributed by atoms with E-state index in [4.69, 9.17) is 14.2 Å². The topological polar surface area (TPSA) is 175 Å². The fourth-order valence-electron chi connectivity index (χ4n) is 1.99. The Balaban J connectivity index is 0.000000541. The van der Waals surface area contributed by atoms with Crippen LogP contribution >= 0.6 is 0 Å². The first-order valence-corrected chi connectivity index (χ1v) is 11.0. The molecule has 2 rings (SSSR count). The zero-order valence-electron chi connectivity index (χ0n) is 22.8. The third-order valence-electron chi connectivity index (χ3n) is 3.11. The lowest BCUT2D eigenvalue weighted by atomic mass is 10.2. The molecular formula is C23H38N4O9. The van der Waals surface area contributed by atoms with Gasteiger partial charge in [-0.3, -0.25) is 0 Å². The summed E-state index contributed by atoms with van der Waals surface area (Å²) in [6.07, 6.45) is 0.263. The van der Waals surface area contributed by atoms with Gasteiger partial charge in [-0.1, -0.05) is 0 Å². The number of hydrogen-bond donors (Lipinski definition) is 3. The van der Waals surface area contributed by atoms with Gasteiger partial charge in [-0.15, -0.1) is 0 Å².